The number of ketones is 1. The summed E-state index contributed by atoms with van der Waals surface area (Å²) < 4.78 is 15.0. The molecule has 0 radical (unpaired) electrons. The molecule has 4 rings (SSSR count). The van der Waals surface area contributed by atoms with E-state index in [0.29, 0.717) is 21.3 Å². The van der Waals surface area contributed by atoms with Gasteiger partial charge in [-0.25, -0.2) is 14.2 Å². The fraction of sp³-hybridized carbons (Fsp3) is 0.150. The summed E-state index contributed by atoms with van der Waals surface area (Å²) in [5.74, 6) is -1.41. The Morgan fingerprint density at radius 2 is 1.88 bits per heavy atom. The largest absolute Gasteiger partial charge is 0.384 e. The highest BCUT2D eigenvalue weighted by atomic mass is 32.2. The van der Waals surface area contributed by atoms with E-state index in [2.05, 4.69) is 9.97 Å². The summed E-state index contributed by atoms with van der Waals surface area (Å²) in [6.07, 6.45) is 0. The zero-order valence-corrected chi connectivity index (χ0v) is 18.5. The minimum Gasteiger partial charge on any atom is -0.384 e. The fourth-order valence-electron chi connectivity index (χ4n) is 3.17. The smallest absolute Gasteiger partial charge is 0.332 e. The Labute approximate surface area is 187 Å². The lowest BCUT2D eigenvalue weighted by Crippen LogP contribution is -2.41. The summed E-state index contributed by atoms with van der Waals surface area (Å²) in [6, 6.07) is 5.78. The lowest BCUT2D eigenvalue weighted by atomic mass is 10.1. The number of carbonyl (C=O) groups excluding carboxylic acids is 1. The third kappa shape index (κ3) is 3.67. The van der Waals surface area contributed by atoms with Gasteiger partial charge in [0.05, 0.1) is 11.1 Å². The Balaban J connectivity index is 1.64. The Hall–Kier alpha value is -3.51. The van der Waals surface area contributed by atoms with E-state index in [4.69, 9.17) is 5.73 Å². The number of H-pyrrole nitrogens is 1. The second kappa shape index (κ2) is 8.20. The Kier molecular flexibility index (Phi) is 5.57. The van der Waals surface area contributed by atoms with Crippen molar-refractivity contribution in [2.45, 2.75) is 5.16 Å². The predicted molar refractivity (Wildman–Crippen MR) is 122 cm³/mol. The topological polar surface area (TPSA) is 133 Å². The van der Waals surface area contributed by atoms with Crippen molar-refractivity contribution < 1.29 is 9.18 Å². The molecule has 0 atom stereocenters. The number of nitrogens with one attached hydrogen (secondary N) is 1. The average molecular weight is 474 g/mol. The van der Waals surface area contributed by atoms with E-state index in [9.17, 15) is 23.6 Å². The van der Waals surface area contributed by atoms with E-state index in [0.717, 1.165) is 20.9 Å². The van der Waals surface area contributed by atoms with Crippen LogP contribution in [0.1, 0.15) is 10.4 Å². The lowest BCUT2D eigenvalue weighted by molar-refractivity contribution is 0.102. The number of rotatable bonds is 5. The number of benzene rings is 1. The van der Waals surface area contributed by atoms with E-state index < -0.39 is 22.6 Å². The molecule has 3 heterocycles. The molecule has 12 heteroatoms. The molecule has 164 valence electrons. The average Bonchev–Trinajstić information content (AvgIpc) is 3.20. The highest BCUT2D eigenvalue weighted by molar-refractivity contribution is 7.99. The number of carbonyl (C=O) groups is 1. The van der Waals surface area contributed by atoms with Gasteiger partial charge in [0.1, 0.15) is 22.0 Å². The normalized spacial score (nSPS) is 11.2. The first-order valence-corrected chi connectivity index (χ1v) is 11.0. The van der Waals surface area contributed by atoms with E-state index in [1.807, 2.05) is 0 Å². The Bertz CT molecular complexity index is 1550. The van der Waals surface area contributed by atoms with Crippen LogP contribution in [0, 0.1) is 5.82 Å². The first kappa shape index (κ1) is 21.7. The summed E-state index contributed by atoms with van der Waals surface area (Å²) in [5, 5.41) is 2.33. The number of Topliss-reactive ketones (excluding diaryl/α,β-unsaturated/α-hetero) is 1. The minimum absolute atomic E-state index is 0.198. The zero-order valence-electron chi connectivity index (χ0n) is 16.8. The van der Waals surface area contributed by atoms with E-state index >= 15 is 0 Å². The van der Waals surface area contributed by atoms with Gasteiger partial charge in [0.15, 0.2) is 10.9 Å². The summed E-state index contributed by atoms with van der Waals surface area (Å²) in [4.78, 5) is 57.1. The SMILES string of the molecule is Cn1c(N)c(C(=O)CSc2nc3scc(-c4ccc(F)cc4)c3c(=O)[nH]2)c(=O)n(C)c1=O. The number of aromatic amines is 1. The highest BCUT2D eigenvalue weighted by Crippen LogP contribution is 2.31. The number of nitrogen functional groups attached to an aromatic ring is 1. The van der Waals surface area contributed by atoms with Crippen molar-refractivity contribution >= 4 is 44.9 Å². The molecule has 0 bridgehead atoms. The highest BCUT2D eigenvalue weighted by Gasteiger charge is 2.21. The number of fused-ring (bicyclic) bond motifs is 1. The van der Waals surface area contributed by atoms with Crippen molar-refractivity contribution in [1.82, 2.24) is 19.1 Å². The van der Waals surface area contributed by atoms with Crippen LogP contribution in [-0.2, 0) is 14.1 Å². The molecule has 0 aliphatic heterocycles. The van der Waals surface area contributed by atoms with Crippen LogP contribution in [0.15, 0.2) is 49.2 Å². The number of nitrogens with zero attached hydrogens (tertiary/aromatic N) is 3. The van der Waals surface area contributed by atoms with Gasteiger partial charge >= 0.3 is 5.69 Å². The molecule has 1 aromatic carbocycles. The summed E-state index contributed by atoms with van der Waals surface area (Å²) >= 11 is 2.19. The maximum atomic E-state index is 13.2. The van der Waals surface area contributed by atoms with E-state index in [1.165, 1.54) is 37.6 Å². The lowest BCUT2D eigenvalue weighted by Gasteiger charge is -2.10. The molecule has 3 aromatic heterocycles. The third-order valence-electron chi connectivity index (χ3n) is 4.91. The maximum Gasteiger partial charge on any atom is 0.332 e. The van der Waals surface area contributed by atoms with Crippen molar-refractivity contribution in [3.63, 3.8) is 0 Å². The van der Waals surface area contributed by atoms with Gasteiger partial charge in [-0.15, -0.1) is 11.3 Å². The molecular weight excluding hydrogens is 457 g/mol. The number of nitrogens with two attached hydrogens (primary N) is 1. The van der Waals surface area contributed by atoms with Crippen LogP contribution in [-0.4, -0.2) is 30.6 Å². The first-order valence-electron chi connectivity index (χ1n) is 9.18. The van der Waals surface area contributed by atoms with Gasteiger partial charge in [-0.2, -0.15) is 0 Å². The molecule has 0 fully saturated rings. The molecule has 4 aromatic rings. The van der Waals surface area contributed by atoms with E-state index in [-0.39, 0.29) is 28.1 Å². The molecule has 32 heavy (non-hydrogen) atoms. The molecule has 0 aliphatic rings. The molecule has 3 N–H and O–H groups in total. The van der Waals surface area contributed by atoms with Crippen molar-refractivity contribution in [2.75, 3.05) is 11.5 Å². The third-order valence-corrected chi connectivity index (χ3v) is 6.65. The van der Waals surface area contributed by atoms with Gasteiger partial charge < -0.3 is 10.7 Å². The van der Waals surface area contributed by atoms with Crippen LogP contribution in [0.5, 0.6) is 0 Å². The maximum absolute atomic E-state index is 13.2. The number of hydrogen-bond acceptors (Lipinski definition) is 8. The van der Waals surface area contributed by atoms with Gasteiger partial charge in [-0.3, -0.25) is 23.5 Å². The second-order valence-corrected chi connectivity index (χ2v) is 8.71. The minimum atomic E-state index is -0.782. The number of thioether (sulfide) groups is 1. The first-order chi connectivity index (χ1) is 15.2. The van der Waals surface area contributed by atoms with Gasteiger partial charge in [-0.05, 0) is 17.7 Å². The zero-order chi connectivity index (χ0) is 23.2. The molecule has 0 amide bonds. The van der Waals surface area contributed by atoms with Crippen LogP contribution in [0.25, 0.3) is 21.3 Å². The number of aromatic nitrogens is 4. The second-order valence-electron chi connectivity index (χ2n) is 6.89. The number of anilines is 1. The van der Waals surface area contributed by atoms with Crippen molar-refractivity contribution in [2.24, 2.45) is 14.1 Å². The van der Waals surface area contributed by atoms with Crippen molar-refractivity contribution in [1.29, 1.82) is 0 Å². The molecule has 0 saturated heterocycles. The quantitative estimate of drug-likeness (QED) is 0.256. The van der Waals surface area contributed by atoms with Crippen LogP contribution >= 0.6 is 23.1 Å². The van der Waals surface area contributed by atoms with Gasteiger partial charge in [-0.1, -0.05) is 23.9 Å². The molecule has 9 nitrogen and oxygen atoms in total. The monoisotopic (exact) mass is 473 g/mol. The molecule has 0 aliphatic carbocycles. The number of hydrogen-bond donors (Lipinski definition) is 2. The Morgan fingerprint density at radius 3 is 2.56 bits per heavy atom. The van der Waals surface area contributed by atoms with E-state index in [1.54, 1.807) is 17.5 Å². The van der Waals surface area contributed by atoms with Crippen molar-refractivity contribution in [3.8, 4) is 11.1 Å². The summed E-state index contributed by atoms with van der Waals surface area (Å²) in [7, 11) is 2.62. The van der Waals surface area contributed by atoms with Gasteiger partial charge in [0, 0.05) is 25.0 Å². The van der Waals surface area contributed by atoms with Crippen LogP contribution in [0.4, 0.5) is 10.2 Å². The Morgan fingerprint density at radius 1 is 1.19 bits per heavy atom. The molecule has 0 spiro atoms. The number of thiophene rings is 1. The van der Waals surface area contributed by atoms with Crippen LogP contribution < -0.4 is 22.5 Å². The fourth-order valence-corrected chi connectivity index (χ4v) is 4.91. The molecule has 0 unspecified atom stereocenters. The number of halogens is 1. The van der Waals surface area contributed by atoms with Gasteiger partial charge in [0.25, 0.3) is 11.1 Å². The predicted octanol–water partition coefficient (Wildman–Crippen LogP) is 1.75. The standard InChI is InChI=1S/C20H16FN5O4S2/c1-25-15(22)14(18(29)26(2)20(25)30)12(27)8-32-19-23-16(28)13-11(7-31-17(13)24-19)9-3-5-10(21)6-4-9/h3-7H,8,22H2,1-2H3,(H,23,24,28). The van der Waals surface area contributed by atoms with Crippen LogP contribution in [0.3, 0.4) is 0 Å². The van der Waals surface area contributed by atoms with Gasteiger partial charge in [0.2, 0.25) is 0 Å². The molecular formula is C20H16FN5O4S2. The molecule has 0 saturated carbocycles. The van der Waals surface area contributed by atoms with Crippen LogP contribution in [0.2, 0.25) is 0 Å². The summed E-state index contributed by atoms with van der Waals surface area (Å²) in [6.45, 7) is 0. The summed E-state index contributed by atoms with van der Waals surface area (Å²) in [5.41, 5.74) is 5.02. The van der Waals surface area contributed by atoms with Crippen molar-refractivity contribution in [3.05, 3.63) is 72.2 Å².